The molecule has 0 aliphatic heterocycles. The first-order chi connectivity index (χ1) is 31.6. The standard InChI is InChI=1S/C57H36N3O2PS/c61-63(43-21-9-3-10-22-43,44-23-11-4-12-24-44)45-25-15-20-41(32-45)56-58-55(38-18-7-2-8-19-38)59-57(60-56)42-34-48(54-47-26-13-14-27-52(47)64-53(54)36-42)40-28-30-46-49-33-39(37-16-5-1-6-17-37)29-31-50(49)62-51(46)35-40/h1-36H. The Kier molecular flexibility index (Phi) is 9.22. The Morgan fingerprint density at radius 3 is 1.66 bits per heavy atom. The first-order valence-corrected chi connectivity index (χ1v) is 23.7. The highest BCUT2D eigenvalue weighted by Gasteiger charge is 2.30. The van der Waals surface area contributed by atoms with Crippen LogP contribution < -0.4 is 15.9 Å². The molecule has 0 aliphatic rings. The second kappa shape index (κ2) is 15.5. The molecule has 5 nitrogen and oxygen atoms in total. The first kappa shape index (κ1) is 38.0. The van der Waals surface area contributed by atoms with Crippen LogP contribution in [0.3, 0.4) is 0 Å². The Balaban J connectivity index is 1.04. The number of hydrogen-bond acceptors (Lipinski definition) is 6. The van der Waals surface area contributed by atoms with Gasteiger partial charge in [0, 0.05) is 63.5 Å². The quantitative estimate of drug-likeness (QED) is 0.142. The van der Waals surface area contributed by atoms with Crippen molar-refractivity contribution in [3.05, 3.63) is 218 Å². The molecule has 0 unspecified atom stereocenters. The minimum Gasteiger partial charge on any atom is -0.456 e. The Morgan fingerprint density at radius 1 is 0.359 bits per heavy atom. The number of furan rings is 1. The van der Waals surface area contributed by atoms with Gasteiger partial charge in [0.25, 0.3) is 0 Å². The fraction of sp³-hybridized carbons (Fsp3) is 0. The van der Waals surface area contributed by atoms with E-state index in [4.69, 9.17) is 19.4 Å². The zero-order chi connectivity index (χ0) is 42.6. The van der Waals surface area contributed by atoms with E-state index in [2.05, 4.69) is 97.1 Å². The first-order valence-electron chi connectivity index (χ1n) is 21.2. The van der Waals surface area contributed by atoms with Crippen molar-refractivity contribution in [3.8, 4) is 56.4 Å². The van der Waals surface area contributed by atoms with Gasteiger partial charge in [0.05, 0.1) is 0 Å². The third-order valence-electron chi connectivity index (χ3n) is 12.0. The average Bonchev–Trinajstić information content (AvgIpc) is 3.94. The summed E-state index contributed by atoms with van der Waals surface area (Å²) in [4.78, 5) is 15.5. The van der Waals surface area contributed by atoms with E-state index in [9.17, 15) is 0 Å². The molecule has 0 bridgehead atoms. The maximum absolute atomic E-state index is 15.5. The van der Waals surface area contributed by atoms with E-state index in [0.29, 0.717) is 22.8 Å². The van der Waals surface area contributed by atoms with Crippen LogP contribution >= 0.6 is 18.5 Å². The largest absolute Gasteiger partial charge is 0.456 e. The van der Waals surface area contributed by atoms with Crippen molar-refractivity contribution in [3.63, 3.8) is 0 Å². The van der Waals surface area contributed by atoms with Gasteiger partial charge in [-0.1, -0.05) is 170 Å². The molecule has 0 spiro atoms. The van der Waals surface area contributed by atoms with Gasteiger partial charge in [-0.15, -0.1) is 11.3 Å². The molecule has 0 atom stereocenters. The third-order valence-corrected chi connectivity index (χ3v) is 16.2. The molecular weight excluding hydrogens is 822 g/mol. The average molecular weight is 858 g/mol. The molecule has 7 heteroatoms. The fourth-order valence-corrected chi connectivity index (χ4v) is 12.7. The number of aromatic nitrogens is 3. The van der Waals surface area contributed by atoms with Gasteiger partial charge >= 0.3 is 0 Å². The molecule has 3 aromatic heterocycles. The fourth-order valence-electron chi connectivity index (χ4n) is 8.88. The molecule has 0 amide bonds. The van der Waals surface area contributed by atoms with E-state index < -0.39 is 7.14 Å². The lowest BCUT2D eigenvalue weighted by atomic mass is 9.95. The highest BCUT2D eigenvalue weighted by Crippen LogP contribution is 2.45. The predicted molar refractivity (Wildman–Crippen MR) is 267 cm³/mol. The van der Waals surface area contributed by atoms with Crippen LogP contribution in [0.15, 0.2) is 223 Å². The van der Waals surface area contributed by atoms with Crippen LogP contribution in [0, 0.1) is 0 Å². The van der Waals surface area contributed by atoms with E-state index in [1.807, 2.05) is 121 Å². The van der Waals surface area contributed by atoms with Gasteiger partial charge in [0.15, 0.2) is 24.6 Å². The van der Waals surface area contributed by atoms with Crippen molar-refractivity contribution in [2.24, 2.45) is 0 Å². The Bertz CT molecular complexity index is 3710. The van der Waals surface area contributed by atoms with Crippen molar-refractivity contribution in [1.82, 2.24) is 15.0 Å². The van der Waals surface area contributed by atoms with E-state index >= 15 is 4.57 Å². The Morgan fingerprint density at radius 2 is 0.938 bits per heavy atom. The monoisotopic (exact) mass is 857 g/mol. The Hall–Kier alpha value is -7.76. The molecule has 302 valence electrons. The van der Waals surface area contributed by atoms with Crippen LogP contribution in [0.25, 0.3) is 98.5 Å². The summed E-state index contributed by atoms with van der Waals surface area (Å²) in [5.41, 5.74) is 8.58. The van der Waals surface area contributed by atoms with Crippen LogP contribution in [0.1, 0.15) is 0 Å². The van der Waals surface area contributed by atoms with Gasteiger partial charge in [0.1, 0.15) is 11.2 Å². The summed E-state index contributed by atoms with van der Waals surface area (Å²) in [6.45, 7) is 0. The van der Waals surface area contributed by atoms with E-state index in [1.54, 1.807) is 11.3 Å². The van der Waals surface area contributed by atoms with Crippen molar-refractivity contribution in [2.75, 3.05) is 0 Å². The summed E-state index contributed by atoms with van der Waals surface area (Å²) in [5, 5.41) is 6.76. The molecule has 12 rings (SSSR count). The topological polar surface area (TPSA) is 68.9 Å². The minimum absolute atomic E-state index is 0.495. The van der Waals surface area contributed by atoms with Gasteiger partial charge < -0.3 is 8.98 Å². The van der Waals surface area contributed by atoms with Gasteiger partial charge in [-0.05, 0) is 70.8 Å². The molecule has 0 radical (unpaired) electrons. The molecule has 0 aliphatic carbocycles. The van der Waals surface area contributed by atoms with Crippen LogP contribution in [0.2, 0.25) is 0 Å². The second-order valence-corrected chi connectivity index (χ2v) is 19.7. The van der Waals surface area contributed by atoms with Crippen LogP contribution in [0.5, 0.6) is 0 Å². The van der Waals surface area contributed by atoms with Crippen molar-refractivity contribution in [2.45, 2.75) is 0 Å². The lowest BCUT2D eigenvalue weighted by molar-refractivity contribution is 0.592. The van der Waals surface area contributed by atoms with Gasteiger partial charge in [-0.3, -0.25) is 0 Å². The molecule has 12 aromatic rings. The maximum Gasteiger partial charge on any atom is 0.171 e. The molecular formula is C57H36N3O2PS. The summed E-state index contributed by atoms with van der Waals surface area (Å²) in [6.07, 6.45) is 0. The lowest BCUT2D eigenvalue weighted by Crippen LogP contribution is -2.25. The highest BCUT2D eigenvalue weighted by molar-refractivity contribution is 7.85. The number of nitrogens with zero attached hydrogens (tertiary/aromatic N) is 3. The highest BCUT2D eigenvalue weighted by atomic mass is 32.1. The molecule has 0 saturated carbocycles. The third kappa shape index (κ3) is 6.55. The van der Waals surface area contributed by atoms with E-state index in [1.165, 1.54) is 21.0 Å². The zero-order valence-electron chi connectivity index (χ0n) is 34.3. The number of thiophene rings is 1. The summed E-state index contributed by atoms with van der Waals surface area (Å²) in [6, 6.07) is 73.8. The van der Waals surface area contributed by atoms with Crippen molar-refractivity contribution < 1.29 is 8.98 Å². The molecule has 64 heavy (non-hydrogen) atoms. The minimum atomic E-state index is -3.27. The number of hydrogen-bond donors (Lipinski definition) is 0. The summed E-state index contributed by atoms with van der Waals surface area (Å²) < 4.78 is 24.4. The normalized spacial score (nSPS) is 11.8. The maximum atomic E-state index is 15.5. The van der Waals surface area contributed by atoms with Crippen LogP contribution in [-0.4, -0.2) is 15.0 Å². The smallest absolute Gasteiger partial charge is 0.171 e. The predicted octanol–water partition coefficient (Wildman–Crippen LogP) is 14.1. The molecule has 9 aromatic carbocycles. The van der Waals surface area contributed by atoms with Gasteiger partial charge in [0.2, 0.25) is 0 Å². The Labute approximate surface area is 373 Å². The molecule has 3 heterocycles. The SMILES string of the molecule is O=P(c1ccccc1)(c1ccccc1)c1cccc(-c2nc(-c3ccccc3)nc(-c3cc(-c4ccc5c(c4)oc4ccc(-c6ccccc6)cc45)c4c(c3)sc3ccccc34)n2)c1. The summed E-state index contributed by atoms with van der Waals surface area (Å²) in [5.74, 6) is 1.59. The summed E-state index contributed by atoms with van der Waals surface area (Å²) >= 11 is 1.76. The number of rotatable bonds is 8. The summed E-state index contributed by atoms with van der Waals surface area (Å²) in [7, 11) is -3.27. The van der Waals surface area contributed by atoms with Crippen molar-refractivity contribution >= 4 is 76.5 Å². The van der Waals surface area contributed by atoms with Gasteiger partial charge in [-0.25, -0.2) is 15.0 Å². The van der Waals surface area contributed by atoms with E-state index in [0.717, 1.165) is 70.6 Å². The molecule has 0 saturated heterocycles. The second-order valence-electron chi connectivity index (χ2n) is 15.9. The van der Waals surface area contributed by atoms with E-state index in [-0.39, 0.29) is 0 Å². The van der Waals surface area contributed by atoms with Crippen LogP contribution in [-0.2, 0) is 4.57 Å². The zero-order valence-corrected chi connectivity index (χ0v) is 36.0. The lowest BCUT2D eigenvalue weighted by Gasteiger charge is -2.20. The number of benzene rings is 9. The van der Waals surface area contributed by atoms with Gasteiger partial charge in [-0.2, -0.15) is 0 Å². The van der Waals surface area contributed by atoms with Crippen LogP contribution in [0.4, 0.5) is 0 Å². The molecule has 0 N–H and O–H groups in total. The molecule has 0 fully saturated rings. The number of fused-ring (bicyclic) bond motifs is 6. The van der Waals surface area contributed by atoms with Crippen molar-refractivity contribution in [1.29, 1.82) is 0 Å².